The van der Waals surface area contributed by atoms with Gasteiger partial charge in [-0.05, 0) is 64.3 Å². The van der Waals surface area contributed by atoms with Crippen LogP contribution < -0.4 is 10.6 Å². The van der Waals surface area contributed by atoms with Gasteiger partial charge in [0.15, 0.2) is 0 Å². The van der Waals surface area contributed by atoms with Gasteiger partial charge in [0.1, 0.15) is 5.60 Å². The lowest BCUT2D eigenvalue weighted by Gasteiger charge is -2.19. The summed E-state index contributed by atoms with van der Waals surface area (Å²) in [5, 5.41) is 6.23. The topological polar surface area (TPSA) is 50.4 Å². The normalized spacial score (nSPS) is 18.9. The average Bonchev–Trinajstić information content (AvgIpc) is 2.82. The number of ether oxygens (including phenoxy) is 1. The SMILES string of the molecule is CC(C)(C)OC(=O)Nc1ccc(CC2CCCN2)cc1. The minimum atomic E-state index is -0.474. The maximum absolute atomic E-state index is 11.6. The molecule has 1 aliphatic heterocycles. The molecule has 1 aliphatic rings. The largest absolute Gasteiger partial charge is 0.444 e. The molecule has 1 heterocycles. The highest BCUT2D eigenvalue weighted by molar-refractivity contribution is 5.84. The first-order valence-electron chi connectivity index (χ1n) is 7.25. The van der Waals surface area contributed by atoms with Crippen LogP contribution in [0.5, 0.6) is 0 Å². The van der Waals surface area contributed by atoms with E-state index in [2.05, 4.69) is 22.8 Å². The quantitative estimate of drug-likeness (QED) is 0.890. The first-order chi connectivity index (χ1) is 9.42. The van der Waals surface area contributed by atoms with Gasteiger partial charge < -0.3 is 10.1 Å². The smallest absolute Gasteiger partial charge is 0.412 e. The first-order valence-corrected chi connectivity index (χ1v) is 7.25. The molecule has 0 saturated carbocycles. The van der Waals surface area contributed by atoms with Crippen LogP contribution in [0.3, 0.4) is 0 Å². The standard InChI is InChI=1S/C16H24N2O2/c1-16(2,3)20-15(19)18-13-8-6-12(7-9-13)11-14-5-4-10-17-14/h6-9,14,17H,4-5,10-11H2,1-3H3,(H,18,19). The van der Waals surface area contributed by atoms with E-state index in [1.165, 1.54) is 18.4 Å². The zero-order chi connectivity index (χ0) is 14.6. The lowest BCUT2D eigenvalue weighted by molar-refractivity contribution is 0.0636. The van der Waals surface area contributed by atoms with Crippen molar-refractivity contribution in [2.24, 2.45) is 0 Å². The Kier molecular flexibility index (Phi) is 4.65. The Labute approximate surface area is 120 Å². The van der Waals surface area contributed by atoms with E-state index >= 15 is 0 Å². The van der Waals surface area contributed by atoms with Crippen LogP contribution in [0, 0.1) is 0 Å². The second-order valence-electron chi connectivity index (χ2n) is 6.32. The van der Waals surface area contributed by atoms with Crippen LogP contribution in [0.15, 0.2) is 24.3 Å². The third-order valence-electron chi connectivity index (χ3n) is 3.24. The van der Waals surface area contributed by atoms with Gasteiger partial charge in [0.25, 0.3) is 0 Å². The molecule has 0 bridgehead atoms. The molecule has 1 aromatic rings. The monoisotopic (exact) mass is 276 g/mol. The fourth-order valence-corrected chi connectivity index (χ4v) is 2.36. The number of hydrogen-bond acceptors (Lipinski definition) is 3. The summed E-state index contributed by atoms with van der Waals surface area (Å²) in [7, 11) is 0. The molecule has 1 aromatic carbocycles. The Balaban J connectivity index is 1.86. The molecular weight excluding hydrogens is 252 g/mol. The van der Waals surface area contributed by atoms with E-state index in [9.17, 15) is 4.79 Å². The molecule has 1 fully saturated rings. The minimum absolute atomic E-state index is 0.414. The minimum Gasteiger partial charge on any atom is -0.444 e. The second kappa shape index (κ2) is 6.27. The van der Waals surface area contributed by atoms with Crippen molar-refractivity contribution in [1.82, 2.24) is 5.32 Å². The molecule has 110 valence electrons. The summed E-state index contributed by atoms with van der Waals surface area (Å²) in [5.41, 5.74) is 1.58. The maximum atomic E-state index is 11.6. The highest BCUT2D eigenvalue weighted by atomic mass is 16.6. The van der Waals surface area contributed by atoms with Gasteiger partial charge in [-0.25, -0.2) is 4.79 Å². The van der Waals surface area contributed by atoms with Gasteiger partial charge in [-0.3, -0.25) is 5.32 Å². The van der Waals surface area contributed by atoms with Gasteiger partial charge >= 0.3 is 6.09 Å². The number of benzene rings is 1. The molecule has 0 aliphatic carbocycles. The molecule has 2 rings (SSSR count). The lowest BCUT2D eigenvalue weighted by Crippen LogP contribution is -2.27. The molecule has 20 heavy (non-hydrogen) atoms. The van der Waals surface area contributed by atoms with E-state index in [0.717, 1.165) is 18.7 Å². The van der Waals surface area contributed by atoms with Crippen molar-refractivity contribution in [1.29, 1.82) is 0 Å². The van der Waals surface area contributed by atoms with Crippen molar-refractivity contribution in [2.45, 2.75) is 51.7 Å². The fourth-order valence-electron chi connectivity index (χ4n) is 2.36. The Morgan fingerprint density at radius 2 is 2.05 bits per heavy atom. The lowest BCUT2D eigenvalue weighted by atomic mass is 10.0. The maximum Gasteiger partial charge on any atom is 0.412 e. The van der Waals surface area contributed by atoms with Gasteiger partial charge in [0.05, 0.1) is 0 Å². The Morgan fingerprint density at radius 3 is 2.60 bits per heavy atom. The zero-order valence-electron chi connectivity index (χ0n) is 12.5. The molecule has 1 saturated heterocycles. The van der Waals surface area contributed by atoms with Crippen LogP contribution in [0.1, 0.15) is 39.2 Å². The average molecular weight is 276 g/mol. The predicted molar refractivity (Wildman–Crippen MR) is 81.0 cm³/mol. The van der Waals surface area contributed by atoms with E-state index < -0.39 is 11.7 Å². The molecule has 4 heteroatoms. The molecular formula is C16H24N2O2. The second-order valence-corrected chi connectivity index (χ2v) is 6.32. The van der Waals surface area contributed by atoms with Crippen LogP contribution >= 0.6 is 0 Å². The Morgan fingerprint density at radius 1 is 1.35 bits per heavy atom. The van der Waals surface area contributed by atoms with E-state index in [-0.39, 0.29) is 0 Å². The zero-order valence-corrected chi connectivity index (χ0v) is 12.5. The van der Waals surface area contributed by atoms with Crippen LogP contribution in [-0.2, 0) is 11.2 Å². The van der Waals surface area contributed by atoms with Crippen LogP contribution in [0.4, 0.5) is 10.5 Å². The summed E-state index contributed by atoms with van der Waals surface area (Å²) in [5.74, 6) is 0. The summed E-state index contributed by atoms with van der Waals surface area (Å²) in [6, 6.07) is 8.57. The van der Waals surface area contributed by atoms with Gasteiger partial charge in [0, 0.05) is 11.7 Å². The molecule has 4 nitrogen and oxygen atoms in total. The van der Waals surface area contributed by atoms with E-state index in [1.807, 2.05) is 32.9 Å². The van der Waals surface area contributed by atoms with E-state index in [0.29, 0.717) is 6.04 Å². The van der Waals surface area contributed by atoms with Crippen molar-refractivity contribution in [3.63, 3.8) is 0 Å². The predicted octanol–water partition coefficient (Wildman–Crippen LogP) is 3.33. The summed E-state index contributed by atoms with van der Waals surface area (Å²) < 4.78 is 5.22. The van der Waals surface area contributed by atoms with Gasteiger partial charge in [0.2, 0.25) is 0 Å². The van der Waals surface area contributed by atoms with Gasteiger partial charge in [-0.2, -0.15) is 0 Å². The van der Waals surface area contributed by atoms with Crippen molar-refractivity contribution >= 4 is 11.8 Å². The van der Waals surface area contributed by atoms with Gasteiger partial charge in [-0.1, -0.05) is 12.1 Å². The molecule has 2 N–H and O–H groups in total. The number of nitrogens with one attached hydrogen (secondary N) is 2. The highest BCUT2D eigenvalue weighted by Gasteiger charge is 2.16. The summed E-state index contributed by atoms with van der Waals surface area (Å²) in [4.78, 5) is 11.6. The van der Waals surface area contributed by atoms with Crippen molar-refractivity contribution in [3.8, 4) is 0 Å². The number of hydrogen-bond donors (Lipinski definition) is 2. The summed E-state index contributed by atoms with van der Waals surface area (Å²) in [6.07, 6.45) is 3.15. The molecule has 1 atom stereocenters. The number of anilines is 1. The number of amides is 1. The highest BCUT2D eigenvalue weighted by Crippen LogP contribution is 2.16. The molecule has 0 radical (unpaired) electrons. The molecule has 1 unspecified atom stereocenters. The van der Waals surface area contributed by atoms with E-state index in [4.69, 9.17) is 4.74 Å². The fraction of sp³-hybridized carbons (Fsp3) is 0.562. The van der Waals surface area contributed by atoms with Crippen LogP contribution in [0.2, 0.25) is 0 Å². The number of carbonyl (C=O) groups is 1. The molecule has 1 amide bonds. The number of rotatable bonds is 3. The molecule has 0 spiro atoms. The van der Waals surface area contributed by atoms with Crippen molar-refractivity contribution < 1.29 is 9.53 Å². The van der Waals surface area contributed by atoms with Crippen molar-refractivity contribution in [3.05, 3.63) is 29.8 Å². The Hall–Kier alpha value is -1.55. The first kappa shape index (κ1) is 14.9. The number of carbonyl (C=O) groups excluding carboxylic acids is 1. The van der Waals surface area contributed by atoms with E-state index in [1.54, 1.807) is 0 Å². The van der Waals surface area contributed by atoms with Gasteiger partial charge in [-0.15, -0.1) is 0 Å². The summed E-state index contributed by atoms with van der Waals surface area (Å²) >= 11 is 0. The van der Waals surface area contributed by atoms with Crippen LogP contribution in [-0.4, -0.2) is 24.3 Å². The third-order valence-corrected chi connectivity index (χ3v) is 3.24. The molecule has 0 aromatic heterocycles. The van der Waals surface area contributed by atoms with Crippen molar-refractivity contribution in [2.75, 3.05) is 11.9 Å². The van der Waals surface area contributed by atoms with Crippen LogP contribution in [0.25, 0.3) is 0 Å². The summed E-state index contributed by atoms with van der Waals surface area (Å²) in [6.45, 7) is 6.68. The third kappa shape index (κ3) is 4.85. The Bertz CT molecular complexity index is 443.